The minimum absolute atomic E-state index is 0.0802. The van der Waals surface area contributed by atoms with Gasteiger partial charge in [-0.05, 0) is 56.3 Å². The van der Waals surface area contributed by atoms with Crippen LogP contribution in [0.1, 0.15) is 64.0 Å². The van der Waals surface area contributed by atoms with Crippen LogP contribution in [0, 0.1) is 11.8 Å². The number of nitrogens with zero attached hydrogens (tertiary/aromatic N) is 2. The third kappa shape index (κ3) is 14.0. The maximum Gasteiger partial charge on any atom is 0.328 e. The number of amides is 2. The Morgan fingerprint density at radius 1 is 0.960 bits per heavy atom. The molecule has 0 radical (unpaired) electrons. The number of rotatable bonds is 22. The molecule has 276 valence electrons. The second-order valence-electron chi connectivity index (χ2n) is 12.0. The summed E-state index contributed by atoms with van der Waals surface area (Å²) in [5, 5.41) is 9.02. The molecule has 4 atom stereocenters. The lowest BCUT2D eigenvalue weighted by molar-refractivity contribution is -0.154. The van der Waals surface area contributed by atoms with Crippen molar-refractivity contribution >= 4 is 47.6 Å². The topological polar surface area (TPSA) is 167 Å². The molecule has 0 bridgehead atoms. The zero-order valence-corrected chi connectivity index (χ0v) is 31.0. The number of hydrogen-bond acceptors (Lipinski definition) is 11. The smallest absolute Gasteiger partial charge is 0.328 e. The Bertz CT molecular complexity index is 1410. The van der Waals surface area contributed by atoms with Crippen molar-refractivity contribution in [3.63, 3.8) is 0 Å². The molecule has 0 saturated carbocycles. The largest absolute Gasteiger partial charge is 0.467 e. The van der Waals surface area contributed by atoms with Crippen molar-refractivity contribution < 1.29 is 38.2 Å². The van der Waals surface area contributed by atoms with Crippen LogP contribution in [0.3, 0.4) is 0 Å². The summed E-state index contributed by atoms with van der Waals surface area (Å²) in [6, 6.07) is 6.92. The Balaban J connectivity index is 2.16. The molecular weight excluding hydrogens is 662 g/mol. The quantitative estimate of drug-likeness (QED) is 0.121. The number of thioether (sulfide) groups is 1. The standard InChI is InChI=1S/C36H53N5O8S/c1-8-48-31(42)21-26(35(45)49-9-2)16-13-17-30-37-22-27(41(30)5)23-38-32(24(3)4)34(44)40-29(20-25-14-11-10-12-15-25)33(43)39-28(18-19-50-7)36(46)47-6/h10-15,17,22,24,26,28-29,32,38H,8-9,16,18-21,23H2,1-7H3,(H,39,43)(H,40,44)/b17-13+/t26-,28-,29-,32-/m0/s1. The van der Waals surface area contributed by atoms with Crippen molar-refractivity contribution in [2.24, 2.45) is 18.9 Å². The van der Waals surface area contributed by atoms with Crippen LogP contribution in [0.25, 0.3) is 6.08 Å². The molecule has 13 nitrogen and oxygen atoms in total. The van der Waals surface area contributed by atoms with E-state index in [0.29, 0.717) is 24.5 Å². The van der Waals surface area contributed by atoms with E-state index in [4.69, 9.17) is 14.2 Å². The minimum Gasteiger partial charge on any atom is -0.467 e. The summed E-state index contributed by atoms with van der Waals surface area (Å²) in [5.74, 6) is -1.85. The van der Waals surface area contributed by atoms with E-state index in [2.05, 4.69) is 20.9 Å². The molecule has 14 heteroatoms. The number of allylic oxidation sites excluding steroid dienone is 1. The first-order chi connectivity index (χ1) is 23.9. The van der Waals surface area contributed by atoms with E-state index < -0.39 is 47.9 Å². The molecule has 0 fully saturated rings. The van der Waals surface area contributed by atoms with Gasteiger partial charge < -0.3 is 29.4 Å². The number of carbonyl (C=O) groups is 5. The zero-order valence-electron chi connectivity index (χ0n) is 30.2. The van der Waals surface area contributed by atoms with Crippen molar-refractivity contribution in [3.8, 4) is 0 Å². The van der Waals surface area contributed by atoms with E-state index in [0.717, 1.165) is 11.3 Å². The molecule has 0 aliphatic heterocycles. The molecule has 1 heterocycles. The first kappa shape index (κ1) is 42.0. The number of hydrogen-bond donors (Lipinski definition) is 3. The maximum atomic E-state index is 13.7. The fourth-order valence-electron chi connectivity index (χ4n) is 5.13. The molecule has 0 aliphatic rings. The number of ether oxygens (including phenoxy) is 3. The molecule has 0 saturated heterocycles. The number of aromatic nitrogens is 2. The predicted octanol–water partition coefficient (Wildman–Crippen LogP) is 3.21. The second-order valence-corrected chi connectivity index (χ2v) is 13.0. The van der Waals surface area contributed by atoms with Gasteiger partial charge in [-0.25, -0.2) is 9.78 Å². The number of nitrogens with one attached hydrogen (secondary N) is 3. The summed E-state index contributed by atoms with van der Waals surface area (Å²) in [6.07, 6.45) is 7.95. The van der Waals surface area contributed by atoms with Crippen molar-refractivity contribution in [2.75, 3.05) is 32.3 Å². The molecule has 0 spiro atoms. The average Bonchev–Trinajstić information content (AvgIpc) is 3.44. The van der Waals surface area contributed by atoms with Gasteiger partial charge in [-0.15, -0.1) is 0 Å². The Hall–Kier alpha value is -4.17. The molecule has 2 aromatic rings. The summed E-state index contributed by atoms with van der Waals surface area (Å²) < 4.78 is 16.9. The van der Waals surface area contributed by atoms with Crippen molar-refractivity contribution in [1.82, 2.24) is 25.5 Å². The number of benzene rings is 1. The Morgan fingerprint density at radius 3 is 2.26 bits per heavy atom. The first-order valence-corrected chi connectivity index (χ1v) is 18.3. The molecular formula is C36H53N5O8S. The van der Waals surface area contributed by atoms with Gasteiger partial charge in [0, 0.05) is 20.0 Å². The fourth-order valence-corrected chi connectivity index (χ4v) is 5.60. The molecule has 3 N–H and O–H groups in total. The average molecular weight is 716 g/mol. The number of methoxy groups -OCH3 is 1. The molecule has 0 aliphatic carbocycles. The van der Waals surface area contributed by atoms with E-state index >= 15 is 0 Å². The fraction of sp³-hybridized carbons (Fsp3) is 0.556. The highest BCUT2D eigenvalue weighted by Gasteiger charge is 2.31. The van der Waals surface area contributed by atoms with Crippen LogP contribution in [0.4, 0.5) is 0 Å². The van der Waals surface area contributed by atoms with Gasteiger partial charge in [0.2, 0.25) is 11.8 Å². The van der Waals surface area contributed by atoms with Gasteiger partial charge in [-0.1, -0.05) is 50.3 Å². The number of imidazole rings is 1. The van der Waals surface area contributed by atoms with Crippen molar-refractivity contribution in [2.45, 2.75) is 78.0 Å². The molecule has 50 heavy (non-hydrogen) atoms. The maximum absolute atomic E-state index is 13.7. The lowest BCUT2D eigenvalue weighted by Gasteiger charge is -2.26. The summed E-state index contributed by atoms with van der Waals surface area (Å²) in [4.78, 5) is 68.6. The molecule has 0 unspecified atom stereocenters. The van der Waals surface area contributed by atoms with E-state index in [9.17, 15) is 24.0 Å². The van der Waals surface area contributed by atoms with Crippen LogP contribution < -0.4 is 16.0 Å². The highest BCUT2D eigenvalue weighted by atomic mass is 32.2. The van der Waals surface area contributed by atoms with Gasteiger partial charge >= 0.3 is 17.9 Å². The third-order valence-electron chi connectivity index (χ3n) is 7.93. The van der Waals surface area contributed by atoms with Gasteiger partial charge in [0.05, 0.1) is 50.6 Å². The van der Waals surface area contributed by atoms with Gasteiger partial charge in [-0.2, -0.15) is 11.8 Å². The van der Waals surface area contributed by atoms with E-state index in [1.165, 1.54) is 7.11 Å². The lowest BCUT2D eigenvalue weighted by atomic mass is 10.0. The van der Waals surface area contributed by atoms with Crippen LogP contribution in [0.15, 0.2) is 42.6 Å². The third-order valence-corrected chi connectivity index (χ3v) is 8.57. The number of esters is 3. The summed E-state index contributed by atoms with van der Waals surface area (Å²) in [5.41, 5.74) is 1.65. The molecule has 2 amide bonds. The lowest BCUT2D eigenvalue weighted by Crippen LogP contribution is -2.57. The van der Waals surface area contributed by atoms with E-state index in [-0.39, 0.29) is 44.3 Å². The van der Waals surface area contributed by atoms with Gasteiger partial charge in [0.1, 0.15) is 17.9 Å². The Kier molecular flexibility index (Phi) is 18.9. The second kappa shape index (κ2) is 22.5. The van der Waals surface area contributed by atoms with Crippen LogP contribution in [-0.2, 0) is 58.2 Å². The van der Waals surface area contributed by atoms with Crippen LogP contribution >= 0.6 is 11.8 Å². The first-order valence-electron chi connectivity index (χ1n) is 16.9. The molecule has 1 aromatic heterocycles. The summed E-state index contributed by atoms with van der Waals surface area (Å²) >= 11 is 1.55. The Labute approximate surface area is 299 Å². The molecule has 2 rings (SSSR count). The van der Waals surface area contributed by atoms with Crippen LogP contribution in [-0.4, -0.2) is 89.7 Å². The van der Waals surface area contributed by atoms with Crippen LogP contribution in [0.5, 0.6) is 0 Å². The number of carbonyl (C=O) groups excluding carboxylic acids is 5. The minimum atomic E-state index is -0.940. The van der Waals surface area contributed by atoms with Crippen LogP contribution in [0.2, 0.25) is 0 Å². The summed E-state index contributed by atoms with van der Waals surface area (Å²) in [6.45, 7) is 7.98. The van der Waals surface area contributed by atoms with E-state index in [1.54, 1.807) is 44.0 Å². The SMILES string of the molecule is CCOC(=O)C[C@H](C/C=C/c1ncc(CN[C@H](C(=O)N[C@@H](Cc2ccccc2)C(=O)N[C@@H](CCSC)C(=O)OC)C(C)C)n1C)C(=O)OCC. The highest BCUT2D eigenvalue weighted by Crippen LogP contribution is 2.16. The van der Waals surface area contributed by atoms with Crippen molar-refractivity contribution in [1.29, 1.82) is 0 Å². The van der Waals surface area contributed by atoms with Gasteiger partial charge in [-0.3, -0.25) is 24.5 Å². The molecule has 1 aromatic carbocycles. The zero-order chi connectivity index (χ0) is 37.1. The monoisotopic (exact) mass is 715 g/mol. The summed E-state index contributed by atoms with van der Waals surface area (Å²) in [7, 11) is 3.12. The van der Waals surface area contributed by atoms with Gasteiger partial charge in [0.15, 0.2) is 0 Å². The van der Waals surface area contributed by atoms with E-state index in [1.807, 2.05) is 62.0 Å². The Morgan fingerprint density at radius 2 is 1.64 bits per heavy atom. The van der Waals surface area contributed by atoms with Gasteiger partial charge in [0.25, 0.3) is 0 Å². The highest BCUT2D eigenvalue weighted by molar-refractivity contribution is 7.98. The predicted molar refractivity (Wildman–Crippen MR) is 193 cm³/mol. The van der Waals surface area contributed by atoms with Crippen molar-refractivity contribution in [3.05, 3.63) is 59.7 Å². The normalized spacial score (nSPS) is 13.7.